The van der Waals surface area contributed by atoms with Crippen LogP contribution >= 0.6 is 11.6 Å². The van der Waals surface area contributed by atoms with Crippen LogP contribution in [0.25, 0.3) is 22.2 Å². The van der Waals surface area contributed by atoms with E-state index < -0.39 is 11.7 Å². The maximum atomic E-state index is 12.5. The van der Waals surface area contributed by atoms with E-state index in [4.69, 9.17) is 11.6 Å². The molecule has 0 saturated heterocycles. The molecule has 3 rings (SSSR count). The summed E-state index contributed by atoms with van der Waals surface area (Å²) >= 11 is 5.93. The molecule has 0 bridgehead atoms. The Hall–Kier alpha value is -2.01. The fraction of sp³-hybridized carbons (Fsp3) is 0.0714. The summed E-state index contributed by atoms with van der Waals surface area (Å²) in [5, 5.41) is 8.28. The van der Waals surface area contributed by atoms with Crippen LogP contribution in [-0.4, -0.2) is 10.2 Å². The van der Waals surface area contributed by atoms with Crippen molar-refractivity contribution in [3.8, 4) is 11.3 Å². The SMILES string of the molecule is FC(F)(F)c1ccc(-c2n[nH]c3ccc(Cl)cc23)cc1. The third-order valence-electron chi connectivity index (χ3n) is 3.01. The molecule has 20 heavy (non-hydrogen) atoms. The number of H-pyrrole nitrogens is 1. The van der Waals surface area contributed by atoms with E-state index in [1.807, 2.05) is 0 Å². The summed E-state index contributed by atoms with van der Waals surface area (Å²) in [7, 11) is 0. The fourth-order valence-corrected chi connectivity index (χ4v) is 2.20. The van der Waals surface area contributed by atoms with Crippen molar-refractivity contribution < 1.29 is 13.2 Å². The number of rotatable bonds is 1. The molecule has 102 valence electrons. The van der Waals surface area contributed by atoms with Crippen molar-refractivity contribution >= 4 is 22.5 Å². The second-order valence-electron chi connectivity index (χ2n) is 4.34. The van der Waals surface area contributed by atoms with E-state index in [1.165, 1.54) is 12.1 Å². The van der Waals surface area contributed by atoms with Crippen LogP contribution in [0.1, 0.15) is 5.56 Å². The van der Waals surface area contributed by atoms with Gasteiger partial charge in [0.15, 0.2) is 0 Å². The van der Waals surface area contributed by atoms with Crippen molar-refractivity contribution in [2.75, 3.05) is 0 Å². The predicted octanol–water partition coefficient (Wildman–Crippen LogP) is 4.90. The lowest BCUT2D eigenvalue weighted by atomic mass is 10.1. The van der Waals surface area contributed by atoms with Gasteiger partial charge in [0.1, 0.15) is 0 Å². The van der Waals surface area contributed by atoms with E-state index in [0.29, 0.717) is 16.3 Å². The van der Waals surface area contributed by atoms with Gasteiger partial charge in [-0.2, -0.15) is 18.3 Å². The van der Waals surface area contributed by atoms with Gasteiger partial charge in [-0.15, -0.1) is 0 Å². The van der Waals surface area contributed by atoms with Gasteiger partial charge in [-0.25, -0.2) is 0 Å². The molecular weight excluding hydrogens is 289 g/mol. The molecule has 0 aliphatic carbocycles. The van der Waals surface area contributed by atoms with E-state index in [-0.39, 0.29) is 0 Å². The first-order valence-electron chi connectivity index (χ1n) is 5.76. The summed E-state index contributed by atoms with van der Waals surface area (Å²) in [5.74, 6) is 0. The molecule has 0 fully saturated rings. The molecule has 0 aliphatic heterocycles. The zero-order chi connectivity index (χ0) is 14.3. The lowest BCUT2D eigenvalue weighted by molar-refractivity contribution is -0.137. The van der Waals surface area contributed by atoms with Gasteiger partial charge in [0.2, 0.25) is 0 Å². The third-order valence-corrected chi connectivity index (χ3v) is 3.25. The Morgan fingerprint density at radius 3 is 2.35 bits per heavy atom. The Kier molecular flexibility index (Phi) is 2.94. The van der Waals surface area contributed by atoms with Crippen LogP contribution in [0.3, 0.4) is 0 Å². The average molecular weight is 297 g/mol. The Morgan fingerprint density at radius 2 is 1.70 bits per heavy atom. The summed E-state index contributed by atoms with van der Waals surface area (Å²) in [4.78, 5) is 0. The van der Waals surface area contributed by atoms with Crippen LogP contribution in [0.2, 0.25) is 5.02 Å². The largest absolute Gasteiger partial charge is 0.416 e. The number of hydrogen-bond donors (Lipinski definition) is 1. The van der Waals surface area contributed by atoms with Gasteiger partial charge < -0.3 is 0 Å². The highest BCUT2D eigenvalue weighted by Gasteiger charge is 2.30. The number of halogens is 4. The minimum Gasteiger partial charge on any atom is -0.277 e. The molecule has 2 aromatic carbocycles. The normalized spacial score (nSPS) is 12.0. The first kappa shape index (κ1) is 13.0. The van der Waals surface area contributed by atoms with E-state index in [9.17, 15) is 13.2 Å². The molecule has 0 aliphatic rings. The summed E-state index contributed by atoms with van der Waals surface area (Å²) in [6, 6.07) is 10.1. The molecular formula is C14H8ClF3N2. The van der Waals surface area contributed by atoms with Crippen LogP contribution in [0.15, 0.2) is 42.5 Å². The van der Waals surface area contributed by atoms with Crippen LogP contribution in [-0.2, 0) is 6.18 Å². The molecule has 0 radical (unpaired) electrons. The van der Waals surface area contributed by atoms with Crippen LogP contribution in [0.4, 0.5) is 13.2 Å². The van der Waals surface area contributed by atoms with Gasteiger partial charge in [-0.05, 0) is 30.3 Å². The van der Waals surface area contributed by atoms with Gasteiger partial charge >= 0.3 is 6.18 Å². The highest BCUT2D eigenvalue weighted by molar-refractivity contribution is 6.31. The average Bonchev–Trinajstić information content (AvgIpc) is 2.81. The maximum Gasteiger partial charge on any atom is 0.416 e. The van der Waals surface area contributed by atoms with Crippen LogP contribution < -0.4 is 0 Å². The molecule has 1 aromatic heterocycles. The monoisotopic (exact) mass is 296 g/mol. The van der Waals surface area contributed by atoms with Gasteiger partial charge in [0, 0.05) is 16.0 Å². The molecule has 0 amide bonds. The smallest absolute Gasteiger partial charge is 0.277 e. The summed E-state index contributed by atoms with van der Waals surface area (Å²) in [6.07, 6.45) is -4.34. The van der Waals surface area contributed by atoms with Crippen LogP contribution in [0, 0.1) is 0 Å². The van der Waals surface area contributed by atoms with Crippen molar-refractivity contribution in [1.82, 2.24) is 10.2 Å². The summed E-state index contributed by atoms with van der Waals surface area (Å²) in [6.45, 7) is 0. The topological polar surface area (TPSA) is 28.7 Å². The van der Waals surface area contributed by atoms with E-state index >= 15 is 0 Å². The van der Waals surface area contributed by atoms with E-state index in [1.54, 1.807) is 18.2 Å². The maximum absolute atomic E-state index is 12.5. The number of hydrogen-bond acceptors (Lipinski definition) is 1. The fourth-order valence-electron chi connectivity index (χ4n) is 2.02. The van der Waals surface area contributed by atoms with Crippen molar-refractivity contribution in [2.45, 2.75) is 6.18 Å². The van der Waals surface area contributed by atoms with Crippen LogP contribution in [0.5, 0.6) is 0 Å². The van der Waals surface area contributed by atoms with Crippen molar-refractivity contribution in [3.63, 3.8) is 0 Å². The molecule has 2 nitrogen and oxygen atoms in total. The van der Waals surface area contributed by atoms with Crippen molar-refractivity contribution in [1.29, 1.82) is 0 Å². The summed E-state index contributed by atoms with van der Waals surface area (Å²) in [5.41, 5.74) is 1.28. The number of aromatic nitrogens is 2. The standard InChI is InChI=1S/C14H8ClF3N2/c15-10-5-6-12-11(7-10)13(20-19-12)8-1-3-9(4-2-8)14(16,17)18/h1-7H,(H,19,20). The molecule has 0 atom stereocenters. The molecule has 0 spiro atoms. The van der Waals surface area contributed by atoms with E-state index in [0.717, 1.165) is 23.0 Å². The van der Waals surface area contributed by atoms with Crippen molar-refractivity contribution in [3.05, 3.63) is 53.1 Å². The number of aromatic amines is 1. The molecule has 3 aromatic rings. The Balaban J connectivity index is 2.09. The zero-order valence-electron chi connectivity index (χ0n) is 10.0. The molecule has 0 unspecified atom stereocenters. The number of benzene rings is 2. The lowest BCUT2D eigenvalue weighted by Gasteiger charge is -2.06. The first-order valence-corrected chi connectivity index (χ1v) is 6.14. The van der Waals surface area contributed by atoms with Crippen molar-refractivity contribution in [2.24, 2.45) is 0 Å². The molecule has 1 heterocycles. The Labute approximate surface area is 117 Å². The second kappa shape index (κ2) is 4.52. The first-order chi connectivity index (χ1) is 9.45. The lowest BCUT2D eigenvalue weighted by Crippen LogP contribution is -2.04. The van der Waals surface area contributed by atoms with Gasteiger partial charge in [-0.1, -0.05) is 23.7 Å². The number of nitrogens with one attached hydrogen (secondary N) is 1. The third kappa shape index (κ3) is 2.25. The minimum atomic E-state index is -4.34. The Morgan fingerprint density at radius 1 is 1.00 bits per heavy atom. The van der Waals surface area contributed by atoms with Gasteiger partial charge in [0.05, 0.1) is 16.8 Å². The number of alkyl halides is 3. The Bertz CT molecular complexity index is 760. The van der Waals surface area contributed by atoms with Gasteiger partial charge in [0.25, 0.3) is 0 Å². The summed E-state index contributed by atoms with van der Waals surface area (Å²) < 4.78 is 37.6. The zero-order valence-corrected chi connectivity index (χ0v) is 10.8. The predicted molar refractivity (Wildman–Crippen MR) is 71.5 cm³/mol. The number of fused-ring (bicyclic) bond motifs is 1. The second-order valence-corrected chi connectivity index (χ2v) is 4.77. The quantitative estimate of drug-likeness (QED) is 0.679. The molecule has 0 saturated carbocycles. The minimum absolute atomic E-state index is 0.548. The molecule has 6 heteroatoms. The van der Waals surface area contributed by atoms with Gasteiger partial charge in [-0.3, -0.25) is 5.10 Å². The highest BCUT2D eigenvalue weighted by Crippen LogP contribution is 2.32. The highest BCUT2D eigenvalue weighted by atomic mass is 35.5. The van der Waals surface area contributed by atoms with E-state index in [2.05, 4.69) is 10.2 Å². The number of nitrogens with zero attached hydrogens (tertiary/aromatic N) is 1. The molecule has 1 N–H and O–H groups in total.